The Balaban J connectivity index is 1.78. The molecule has 2 heterocycles. The molecule has 0 radical (unpaired) electrons. The molecule has 0 fully saturated rings. The third-order valence-corrected chi connectivity index (χ3v) is 3.34. The number of halogens is 2. The molecule has 19 heavy (non-hydrogen) atoms. The number of nitrogens with zero attached hydrogens (tertiary/aromatic N) is 4. The van der Waals surface area contributed by atoms with E-state index in [4.69, 9.17) is 11.6 Å². The molecule has 0 saturated heterocycles. The van der Waals surface area contributed by atoms with Crippen LogP contribution in [0.4, 0.5) is 0 Å². The van der Waals surface area contributed by atoms with Crippen molar-refractivity contribution in [1.29, 1.82) is 0 Å². The van der Waals surface area contributed by atoms with Gasteiger partial charge in [0.15, 0.2) is 0 Å². The molecule has 6 nitrogen and oxygen atoms in total. The van der Waals surface area contributed by atoms with Crippen molar-refractivity contribution in [3.05, 3.63) is 33.8 Å². The zero-order valence-electron chi connectivity index (χ0n) is 10.3. The first-order valence-corrected chi connectivity index (χ1v) is 6.88. The highest BCUT2D eigenvalue weighted by Gasteiger charge is 2.14. The molecule has 102 valence electrons. The van der Waals surface area contributed by atoms with Crippen LogP contribution in [0.2, 0.25) is 5.02 Å². The van der Waals surface area contributed by atoms with Gasteiger partial charge in [0.2, 0.25) is 0 Å². The summed E-state index contributed by atoms with van der Waals surface area (Å²) in [5.41, 5.74) is 0.516. The summed E-state index contributed by atoms with van der Waals surface area (Å²) in [5, 5.41) is 11.5. The Morgan fingerprint density at radius 1 is 1.47 bits per heavy atom. The van der Waals surface area contributed by atoms with Crippen molar-refractivity contribution < 1.29 is 4.79 Å². The average molecular weight is 347 g/mol. The lowest BCUT2D eigenvalue weighted by atomic mass is 10.3. The molecular weight excluding hydrogens is 334 g/mol. The Hall–Kier alpha value is -1.34. The predicted octanol–water partition coefficient (Wildman–Crippen LogP) is 1.85. The van der Waals surface area contributed by atoms with E-state index in [1.807, 2.05) is 0 Å². The lowest BCUT2D eigenvalue weighted by Gasteiger charge is -2.06. The number of rotatable bonds is 5. The number of nitrogens with one attached hydrogen (secondary N) is 1. The van der Waals surface area contributed by atoms with Crippen LogP contribution < -0.4 is 5.32 Å². The zero-order valence-corrected chi connectivity index (χ0v) is 12.6. The van der Waals surface area contributed by atoms with E-state index in [0.29, 0.717) is 28.3 Å². The molecule has 0 unspecified atom stereocenters. The molecule has 2 aromatic rings. The van der Waals surface area contributed by atoms with Crippen molar-refractivity contribution in [2.45, 2.75) is 13.0 Å². The predicted molar refractivity (Wildman–Crippen MR) is 75.1 cm³/mol. The summed E-state index contributed by atoms with van der Waals surface area (Å²) in [7, 11) is 1.73. The molecule has 0 aliphatic rings. The Kier molecular flexibility index (Phi) is 4.60. The fraction of sp³-hybridized carbons (Fsp3) is 0.364. The zero-order chi connectivity index (χ0) is 13.8. The van der Waals surface area contributed by atoms with Gasteiger partial charge in [0.05, 0.1) is 21.9 Å². The van der Waals surface area contributed by atoms with E-state index in [9.17, 15) is 4.79 Å². The normalized spacial score (nSPS) is 10.7. The molecule has 2 aromatic heterocycles. The topological polar surface area (TPSA) is 64.7 Å². The van der Waals surface area contributed by atoms with Crippen molar-refractivity contribution in [3.63, 3.8) is 0 Å². The van der Waals surface area contributed by atoms with Crippen molar-refractivity contribution in [1.82, 2.24) is 24.9 Å². The average Bonchev–Trinajstić information content (AvgIpc) is 2.91. The first kappa shape index (κ1) is 14.1. The number of carbonyl (C=O) groups excluding carboxylic acids is 1. The van der Waals surface area contributed by atoms with Crippen LogP contribution >= 0.6 is 27.5 Å². The number of aromatic nitrogens is 4. The fourth-order valence-electron chi connectivity index (χ4n) is 1.65. The van der Waals surface area contributed by atoms with Crippen molar-refractivity contribution >= 4 is 33.4 Å². The molecular formula is C11H13BrClN5O. The van der Waals surface area contributed by atoms with Gasteiger partial charge in [-0.2, -0.15) is 10.2 Å². The lowest BCUT2D eigenvalue weighted by molar-refractivity contribution is 0.0942. The highest BCUT2D eigenvalue weighted by Crippen LogP contribution is 2.14. The van der Waals surface area contributed by atoms with E-state index >= 15 is 0 Å². The number of hydrogen-bond donors (Lipinski definition) is 1. The van der Waals surface area contributed by atoms with Gasteiger partial charge < -0.3 is 5.32 Å². The van der Waals surface area contributed by atoms with Crippen LogP contribution in [-0.2, 0) is 13.6 Å². The minimum absolute atomic E-state index is 0.148. The second kappa shape index (κ2) is 6.21. The molecule has 0 aliphatic heterocycles. The van der Waals surface area contributed by atoms with Gasteiger partial charge in [-0.15, -0.1) is 0 Å². The van der Waals surface area contributed by atoms with Crippen LogP contribution in [0, 0.1) is 0 Å². The Morgan fingerprint density at radius 3 is 2.84 bits per heavy atom. The molecule has 0 aliphatic carbocycles. The minimum atomic E-state index is -0.148. The van der Waals surface area contributed by atoms with Gasteiger partial charge in [-0.05, 0) is 22.4 Å². The van der Waals surface area contributed by atoms with Gasteiger partial charge in [-0.3, -0.25) is 14.2 Å². The second-order valence-corrected chi connectivity index (χ2v) is 5.29. The summed E-state index contributed by atoms with van der Waals surface area (Å²) in [5.74, 6) is -0.148. The summed E-state index contributed by atoms with van der Waals surface area (Å²) in [6.45, 7) is 1.27. The first-order chi connectivity index (χ1) is 9.08. The fourth-order valence-corrected chi connectivity index (χ4v) is 2.34. The van der Waals surface area contributed by atoms with E-state index < -0.39 is 0 Å². The van der Waals surface area contributed by atoms with Gasteiger partial charge >= 0.3 is 0 Å². The minimum Gasteiger partial charge on any atom is -0.351 e. The summed E-state index contributed by atoms with van der Waals surface area (Å²) in [6.07, 6.45) is 5.72. The maximum Gasteiger partial charge on any atom is 0.270 e. The molecule has 1 amide bonds. The second-order valence-electron chi connectivity index (χ2n) is 4.00. The van der Waals surface area contributed by atoms with Gasteiger partial charge in [-0.1, -0.05) is 11.6 Å². The van der Waals surface area contributed by atoms with E-state index in [1.165, 1.54) is 4.68 Å². The van der Waals surface area contributed by atoms with E-state index in [0.717, 1.165) is 6.42 Å². The van der Waals surface area contributed by atoms with Crippen molar-refractivity contribution in [2.75, 3.05) is 6.54 Å². The standard InChI is InChI=1S/C11H13BrClN5O/c1-17-10(9(12)6-15-17)11(19)14-3-2-4-18-7-8(13)5-16-18/h5-7H,2-4H2,1H3,(H,14,19). The molecule has 0 atom stereocenters. The molecule has 0 aromatic carbocycles. The van der Waals surface area contributed by atoms with Crippen LogP contribution in [0.3, 0.4) is 0 Å². The summed E-state index contributed by atoms with van der Waals surface area (Å²) < 4.78 is 3.97. The van der Waals surface area contributed by atoms with Crippen LogP contribution in [0.25, 0.3) is 0 Å². The van der Waals surface area contributed by atoms with E-state index in [1.54, 1.807) is 30.3 Å². The maximum atomic E-state index is 11.9. The highest BCUT2D eigenvalue weighted by molar-refractivity contribution is 9.10. The summed E-state index contributed by atoms with van der Waals surface area (Å²) in [6, 6.07) is 0. The van der Waals surface area contributed by atoms with E-state index in [2.05, 4.69) is 31.4 Å². The van der Waals surface area contributed by atoms with Gasteiger partial charge in [0.25, 0.3) is 5.91 Å². The van der Waals surface area contributed by atoms with E-state index in [-0.39, 0.29) is 5.91 Å². The highest BCUT2D eigenvalue weighted by atomic mass is 79.9. The Bertz CT molecular complexity index is 560. The lowest BCUT2D eigenvalue weighted by Crippen LogP contribution is -2.27. The first-order valence-electron chi connectivity index (χ1n) is 5.71. The monoisotopic (exact) mass is 345 g/mol. The number of amides is 1. The molecule has 1 N–H and O–H groups in total. The van der Waals surface area contributed by atoms with Crippen LogP contribution in [0.5, 0.6) is 0 Å². The van der Waals surface area contributed by atoms with Gasteiger partial charge in [-0.25, -0.2) is 0 Å². The van der Waals surface area contributed by atoms with Crippen LogP contribution in [0.15, 0.2) is 23.1 Å². The molecule has 0 spiro atoms. The molecule has 0 saturated carbocycles. The van der Waals surface area contributed by atoms with Crippen LogP contribution in [-0.4, -0.2) is 32.0 Å². The smallest absolute Gasteiger partial charge is 0.270 e. The Morgan fingerprint density at radius 2 is 2.26 bits per heavy atom. The molecule has 0 bridgehead atoms. The van der Waals surface area contributed by atoms with Gasteiger partial charge in [0.1, 0.15) is 5.69 Å². The summed E-state index contributed by atoms with van der Waals surface area (Å²) in [4.78, 5) is 11.9. The van der Waals surface area contributed by atoms with Crippen LogP contribution in [0.1, 0.15) is 16.9 Å². The van der Waals surface area contributed by atoms with Gasteiger partial charge in [0, 0.05) is 26.3 Å². The van der Waals surface area contributed by atoms with Crippen molar-refractivity contribution in [3.8, 4) is 0 Å². The number of aryl methyl sites for hydroxylation is 2. The largest absolute Gasteiger partial charge is 0.351 e. The third kappa shape index (κ3) is 3.57. The molecule has 2 rings (SSSR count). The number of carbonyl (C=O) groups is 1. The quantitative estimate of drug-likeness (QED) is 0.840. The van der Waals surface area contributed by atoms with Crippen molar-refractivity contribution in [2.24, 2.45) is 7.05 Å². The third-order valence-electron chi connectivity index (χ3n) is 2.56. The maximum absolute atomic E-state index is 11.9. The SMILES string of the molecule is Cn1ncc(Br)c1C(=O)NCCCn1cc(Cl)cn1. The molecule has 8 heteroatoms. The Labute approximate surface area is 123 Å². The number of hydrogen-bond acceptors (Lipinski definition) is 3. The summed E-state index contributed by atoms with van der Waals surface area (Å²) >= 11 is 9.05.